The number of nitrogens with zero attached hydrogens (tertiary/aromatic N) is 3. The summed E-state index contributed by atoms with van der Waals surface area (Å²) in [5.74, 6) is 1.75. The highest BCUT2D eigenvalue weighted by Crippen LogP contribution is 2.42. The van der Waals surface area contributed by atoms with Gasteiger partial charge in [0.05, 0.1) is 0 Å². The lowest BCUT2D eigenvalue weighted by Gasteiger charge is -2.34. The van der Waals surface area contributed by atoms with Gasteiger partial charge in [-0.1, -0.05) is 33.6 Å². The van der Waals surface area contributed by atoms with Crippen LogP contribution < -0.4 is 10.6 Å². The molecule has 0 bridgehead atoms. The third-order valence-corrected chi connectivity index (χ3v) is 5.99. The van der Waals surface area contributed by atoms with Gasteiger partial charge in [-0.25, -0.2) is 0 Å². The van der Waals surface area contributed by atoms with Crippen LogP contribution in [-0.4, -0.2) is 75.2 Å². The largest absolute Gasteiger partial charge is 0.356 e. The Kier molecular flexibility index (Phi) is 11.4. The molecule has 154 valence electrons. The van der Waals surface area contributed by atoms with Crippen molar-refractivity contribution in [2.75, 3.05) is 59.4 Å². The van der Waals surface area contributed by atoms with E-state index >= 15 is 0 Å². The first-order chi connectivity index (χ1) is 12.1. The summed E-state index contributed by atoms with van der Waals surface area (Å²) in [6.07, 6.45) is 6.86. The Morgan fingerprint density at radius 1 is 1.04 bits per heavy atom. The zero-order chi connectivity index (χ0) is 18.1. The lowest BCUT2D eigenvalue weighted by molar-refractivity contribution is 0.139. The van der Waals surface area contributed by atoms with E-state index in [9.17, 15) is 0 Å². The fourth-order valence-electron chi connectivity index (χ4n) is 4.60. The molecule has 6 heteroatoms. The zero-order valence-corrected chi connectivity index (χ0v) is 19.8. The Morgan fingerprint density at radius 2 is 1.65 bits per heavy atom. The van der Waals surface area contributed by atoms with Crippen molar-refractivity contribution in [3.8, 4) is 0 Å². The number of hydrogen-bond donors (Lipinski definition) is 2. The topological polar surface area (TPSA) is 42.9 Å². The van der Waals surface area contributed by atoms with Crippen molar-refractivity contribution < 1.29 is 0 Å². The lowest BCUT2D eigenvalue weighted by atomic mass is 9.78. The van der Waals surface area contributed by atoms with E-state index in [1.54, 1.807) is 0 Å². The molecule has 0 amide bonds. The molecule has 1 heterocycles. The van der Waals surface area contributed by atoms with Crippen LogP contribution >= 0.6 is 24.0 Å². The molecular weight excluding hydrogens is 437 g/mol. The summed E-state index contributed by atoms with van der Waals surface area (Å²) in [5.41, 5.74) is 0.488. The molecule has 2 rings (SSSR count). The van der Waals surface area contributed by atoms with Gasteiger partial charge in [-0.15, -0.1) is 24.0 Å². The normalized spacial score (nSPS) is 21.7. The van der Waals surface area contributed by atoms with Gasteiger partial charge in [-0.05, 0) is 37.1 Å². The number of guanidine groups is 1. The second-order valence-electron chi connectivity index (χ2n) is 8.43. The lowest BCUT2D eigenvalue weighted by Crippen LogP contribution is -2.49. The van der Waals surface area contributed by atoms with Crippen LogP contribution in [0.15, 0.2) is 4.99 Å². The van der Waals surface area contributed by atoms with Crippen molar-refractivity contribution in [1.82, 2.24) is 20.4 Å². The quantitative estimate of drug-likeness (QED) is 0.319. The van der Waals surface area contributed by atoms with E-state index in [-0.39, 0.29) is 24.0 Å². The molecule has 5 nitrogen and oxygen atoms in total. The SMILES string of the molecule is CCN1CCN(CCNC(=NC)NCC2(CC(C)C)CCCC2)CC1.I. The first-order valence-corrected chi connectivity index (χ1v) is 10.5. The summed E-state index contributed by atoms with van der Waals surface area (Å²) in [6.45, 7) is 16.1. The maximum Gasteiger partial charge on any atom is 0.191 e. The van der Waals surface area contributed by atoms with Crippen molar-refractivity contribution in [3.63, 3.8) is 0 Å². The van der Waals surface area contributed by atoms with E-state index in [4.69, 9.17) is 0 Å². The van der Waals surface area contributed by atoms with Crippen LogP contribution in [-0.2, 0) is 0 Å². The van der Waals surface area contributed by atoms with E-state index in [1.165, 1.54) is 64.8 Å². The molecule has 1 aliphatic carbocycles. The Bertz CT molecular complexity index is 399. The van der Waals surface area contributed by atoms with Crippen LogP contribution in [0.1, 0.15) is 52.9 Å². The van der Waals surface area contributed by atoms with Crippen LogP contribution in [0.4, 0.5) is 0 Å². The summed E-state index contributed by atoms with van der Waals surface area (Å²) < 4.78 is 0. The Morgan fingerprint density at radius 3 is 2.19 bits per heavy atom. The fraction of sp³-hybridized carbons (Fsp3) is 0.950. The Balaban J connectivity index is 0.00000338. The second kappa shape index (κ2) is 12.4. The molecule has 0 spiro atoms. The molecule has 1 aliphatic heterocycles. The monoisotopic (exact) mass is 479 g/mol. The molecule has 2 fully saturated rings. The van der Waals surface area contributed by atoms with Crippen molar-refractivity contribution in [2.24, 2.45) is 16.3 Å². The molecule has 1 saturated heterocycles. The standard InChI is InChI=1S/C20H41N5.HI/c1-5-24-12-14-25(15-13-24)11-10-22-19(21-4)23-17-20(16-18(2)3)8-6-7-9-20;/h18H,5-17H2,1-4H3,(H2,21,22,23);1H. The molecule has 2 aliphatic rings. The number of likely N-dealkylation sites (N-methyl/N-ethyl adjacent to an activating group) is 1. The Labute approximate surface area is 178 Å². The summed E-state index contributed by atoms with van der Waals surface area (Å²) >= 11 is 0. The molecule has 0 unspecified atom stereocenters. The van der Waals surface area contributed by atoms with Crippen LogP contribution in [0.3, 0.4) is 0 Å². The predicted octanol–water partition coefficient (Wildman–Crippen LogP) is 3.01. The molecular formula is C20H42IN5. The average Bonchev–Trinajstić information content (AvgIpc) is 3.06. The minimum absolute atomic E-state index is 0. The van der Waals surface area contributed by atoms with E-state index in [0.29, 0.717) is 5.41 Å². The van der Waals surface area contributed by atoms with Gasteiger partial charge in [0.25, 0.3) is 0 Å². The van der Waals surface area contributed by atoms with Gasteiger partial charge in [-0.2, -0.15) is 0 Å². The molecule has 1 saturated carbocycles. The number of nitrogens with one attached hydrogen (secondary N) is 2. The van der Waals surface area contributed by atoms with Gasteiger partial charge in [0.1, 0.15) is 0 Å². The smallest absolute Gasteiger partial charge is 0.191 e. The van der Waals surface area contributed by atoms with Crippen molar-refractivity contribution in [3.05, 3.63) is 0 Å². The Hall–Kier alpha value is -0.0800. The maximum absolute atomic E-state index is 4.43. The van der Waals surface area contributed by atoms with E-state index in [2.05, 4.69) is 46.2 Å². The molecule has 0 atom stereocenters. The average molecular weight is 479 g/mol. The van der Waals surface area contributed by atoms with Crippen LogP contribution in [0, 0.1) is 11.3 Å². The highest BCUT2D eigenvalue weighted by molar-refractivity contribution is 14.0. The van der Waals surface area contributed by atoms with E-state index in [0.717, 1.165) is 31.5 Å². The molecule has 26 heavy (non-hydrogen) atoms. The minimum Gasteiger partial charge on any atom is -0.356 e. The first-order valence-electron chi connectivity index (χ1n) is 10.5. The number of piperazine rings is 1. The molecule has 0 radical (unpaired) electrons. The third-order valence-electron chi connectivity index (χ3n) is 5.99. The van der Waals surface area contributed by atoms with Gasteiger partial charge >= 0.3 is 0 Å². The summed E-state index contributed by atoms with van der Waals surface area (Å²) in [5, 5.41) is 7.14. The molecule has 0 aromatic rings. The van der Waals surface area contributed by atoms with Crippen LogP contribution in [0.25, 0.3) is 0 Å². The second-order valence-corrected chi connectivity index (χ2v) is 8.43. The highest BCUT2D eigenvalue weighted by atomic mass is 127. The summed E-state index contributed by atoms with van der Waals surface area (Å²) in [6, 6.07) is 0. The first kappa shape index (κ1) is 24.0. The van der Waals surface area contributed by atoms with E-state index < -0.39 is 0 Å². The number of aliphatic imine (C=N–C) groups is 1. The van der Waals surface area contributed by atoms with Gasteiger partial charge in [0.2, 0.25) is 0 Å². The summed E-state index contributed by atoms with van der Waals surface area (Å²) in [4.78, 5) is 9.52. The molecule has 0 aromatic heterocycles. The van der Waals surface area contributed by atoms with Gasteiger partial charge in [0.15, 0.2) is 5.96 Å². The number of halogens is 1. The number of hydrogen-bond acceptors (Lipinski definition) is 3. The maximum atomic E-state index is 4.43. The van der Waals surface area contributed by atoms with Gasteiger partial charge in [0, 0.05) is 52.9 Å². The van der Waals surface area contributed by atoms with Crippen molar-refractivity contribution >= 4 is 29.9 Å². The van der Waals surface area contributed by atoms with Crippen molar-refractivity contribution in [1.29, 1.82) is 0 Å². The van der Waals surface area contributed by atoms with Gasteiger partial charge < -0.3 is 15.5 Å². The van der Waals surface area contributed by atoms with Gasteiger partial charge in [-0.3, -0.25) is 9.89 Å². The molecule has 2 N–H and O–H groups in total. The minimum atomic E-state index is 0. The predicted molar refractivity (Wildman–Crippen MR) is 124 cm³/mol. The zero-order valence-electron chi connectivity index (χ0n) is 17.5. The van der Waals surface area contributed by atoms with Crippen molar-refractivity contribution in [2.45, 2.75) is 52.9 Å². The van der Waals surface area contributed by atoms with E-state index in [1.807, 2.05) is 7.05 Å². The third kappa shape index (κ3) is 7.89. The summed E-state index contributed by atoms with van der Waals surface area (Å²) in [7, 11) is 1.89. The molecule has 0 aromatic carbocycles. The number of rotatable bonds is 8. The fourth-order valence-corrected chi connectivity index (χ4v) is 4.60. The van der Waals surface area contributed by atoms with Crippen LogP contribution in [0.2, 0.25) is 0 Å². The van der Waals surface area contributed by atoms with Crippen LogP contribution in [0.5, 0.6) is 0 Å². The highest BCUT2D eigenvalue weighted by Gasteiger charge is 2.34.